The summed E-state index contributed by atoms with van der Waals surface area (Å²) in [5.41, 5.74) is 9.67. The van der Waals surface area contributed by atoms with Crippen molar-refractivity contribution in [3.8, 4) is 0 Å². The number of ketones is 1. The highest BCUT2D eigenvalue weighted by atomic mass is 16.2. The Labute approximate surface area is 222 Å². The molecule has 4 unspecified atom stereocenters. The van der Waals surface area contributed by atoms with E-state index < -0.39 is 35.9 Å². The highest BCUT2D eigenvalue weighted by molar-refractivity contribution is 6.02. The lowest BCUT2D eigenvalue weighted by Gasteiger charge is -2.31. The van der Waals surface area contributed by atoms with Crippen molar-refractivity contribution in [2.75, 3.05) is 5.32 Å². The van der Waals surface area contributed by atoms with E-state index in [1.807, 2.05) is 104 Å². The lowest BCUT2D eigenvalue weighted by atomic mass is 9.76. The SMILES string of the molecule is Cc1cccc(NC(=O)N2C(C(N)=O)C(c3ccccc3)C(C(=O)c3ccccc3)C2c2ccccc2)c1. The molecule has 0 saturated carbocycles. The van der Waals surface area contributed by atoms with Gasteiger partial charge in [-0.2, -0.15) is 0 Å². The van der Waals surface area contributed by atoms with E-state index in [0.29, 0.717) is 11.3 Å². The van der Waals surface area contributed by atoms with Crippen molar-refractivity contribution in [1.29, 1.82) is 0 Å². The van der Waals surface area contributed by atoms with Crippen LogP contribution in [-0.2, 0) is 4.79 Å². The van der Waals surface area contributed by atoms with E-state index in [0.717, 1.165) is 16.7 Å². The largest absolute Gasteiger partial charge is 0.368 e. The highest BCUT2D eigenvalue weighted by Gasteiger charge is 2.57. The maximum Gasteiger partial charge on any atom is 0.323 e. The van der Waals surface area contributed by atoms with Crippen LogP contribution in [0, 0.1) is 12.8 Å². The molecule has 0 aromatic heterocycles. The van der Waals surface area contributed by atoms with Crippen LogP contribution in [0.4, 0.5) is 10.5 Å². The molecule has 1 aliphatic rings. The predicted molar refractivity (Wildman–Crippen MR) is 148 cm³/mol. The van der Waals surface area contributed by atoms with E-state index in [1.165, 1.54) is 4.90 Å². The van der Waals surface area contributed by atoms with Gasteiger partial charge in [0.1, 0.15) is 6.04 Å². The van der Waals surface area contributed by atoms with Gasteiger partial charge in [-0.1, -0.05) is 103 Å². The first-order valence-electron chi connectivity index (χ1n) is 12.6. The summed E-state index contributed by atoms with van der Waals surface area (Å²) in [6.45, 7) is 1.94. The maximum atomic E-state index is 14.2. The molecule has 1 fully saturated rings. The average molecular weight is 504 g/mol. The molecule has 1 aliphatic heterocycles. The number of primary amides is 1. The standard InChI is InChI=1S/C32H29N3O3/c1-21-12-11-19-25(20-21)34-32(38)35-28(23-15-7-3-8-16-23)27(30(36)24-17-9-4-10-18-24)26(29(35)31(33)37)22-13-5-2-6-14-22/h2-20,26-29H,1H3,(H2,33,37)(H,34,38). The smallest absolute Gasteiger partial charge is 0.323 e. The van der Waals surface area contributed by atoms with Crippen molar-refractivity contribution in [3.63, 3.8) is 0 Å². The lowest BCUT2D eigenvalue weighted by Crippen LogP contribution is -2.48. The molecule has 4 aromatic rings. The number of hydrogen-bond acceptors (Lipinski definition) is 3. The third kappa shape index (κ3) is 4.81. The van der Waals surface area contributed by atoms with E-state index in [2.05, 4.69) is 5.32 Å². The van der Waals surface area contributed by atoms with Crippen molar-refractivity contribution in [2.24, 2.45) is 11.7 Å². The van der Waals surface area contributed by atoms with Gasteiger partial charge in [0.25, 0.3) is 0 Å². The number of amides is 3. The van der Waals surface area contributed by atoms with Crippen LogP contribution in [0.5, 0.6) is 0 Å². The van der Waals surface area contributed by atoms with Gasteiger partial charge in [-0.25, -0.2) is 4.79 Å². The van der Waals surface area contributed by atoms with Gasteiger partial charge in [0.2, 0.25) is 5.91 Å². The summed E-state index contributed by atoms with van der Waals surface area (Å²) >= 11 is 0. The Bertz CT molecular complexity index is 1440. The number of likely N-dealkylation sites (tertiary alicyclic amines) is 1. The fraction of sp³-hybridized carbons (Fsp3) is 0.156. The molecule has 4 aromatic carbocycles. The van der Waals surface area contributed by atoms with Crippen LogP contribution < -0.4 is 11.1 Å². The molecule has 38 heavy (non-hydrogen) atoms. The lowest BCUT2D eigenvalue weighted by molar-refractivity contribution is -0.122. The molecule has 5 rings (SSSR count). The Morgan fingerprint density at radius 1 is 0.737 bits per heavy atom. The number of benzene rings is 4. The van der Waals surface area contributed by atoms with E-state index >= 15 is 0 Å². The number of nitrogens with zero attached hydrogens (tertiary/aromatic N) is 1. The minimum atomic E-state index is -1.05. The third-order valence-corrected chi connectivity index (χ3v) is 7.15. The summed E-state index contributed by atoms with van der Waals surface area (Å²) in [6, 6.07) is 32.9. The van der Waals surface area contributed by atoms with E-state index in [9.17, 15) is 14.4 Å². The third-order valence-electron chi connectivity index (χ3n) is 7.15. The molecule has 0 bridgehead atoms. The monoisotopic (exact) mass is 503 g/mol. The Hall–Kier alpha value is -4.71. The topological polar surface area (TPSA) is 92.5 Å². The molecule has 190 valence electrons. The zero-order valence-corrected chi connectivity index (χ0v) is 21.0. The summed E-state index contributed by atoms with van der Waals surface area (Å²) in [7, 11) is 0. The fourth-order valence-corrected chi connectivity index (χ4v) is 5.57. The van der Waals surface area contributed by atoms with Crippen LogP contribution >= 0.6 is 0 Å². The van der Waals surface area contributed by atoms with Crippen molar-refractivity contribution in [2.45, 2.75) is 24.9 Å². The Morgan fingerprint density at radius 2 is 1.32 bits per heavy atom. The van der Waals surface area contributed by atoms with Gasteiger partial charge in [0.15, 0.2) is 5.78 Å². The molecule has 1 saturated heterocycles. The van der Waals surface area contributed by atoms with Crippen LogP contribution in [0.15, 0.2) is 115 Å². The zero-order valence-electron chi connectivity index (χ0n) is 21.0. The number of Topliss-reactive ketones (excluding diaryl/α,β-unsaturated/α-hetero) is 1. The van der Waals surface area contributed by atoms with E-state index in [1.54, 1.807) is 18.2 Å². The number of urea groups is 1. The average Bonchev–Trinajstić information content (AvgIpc) is 3.31. The predicted octanol–water partition coefficient (Wildman–Crippen LogP) is 5.72. The second kappa shape index (κ2) is 10.7. The number of carbonyl (C=O) groups excluding carboxylic acids is 3. The molecule has 0 radical (unpaired) electrons. The van der Waals surface area contributed by atoms with Crippen LogP contribution in [0.1, 0.15) is 39.0 Å². The Morgan fingerprint density at radius 3 is 1.89 bits per heavy atom. The van der Waals surface area contributed by atoms with Gasteiger partial charge in [0.05, 0.1) is 12.0 Å². The van der Waals surface area contributed by atoms with Gasteiger partial charge in [0, 0.05) is 17.2 Å². The molecular formula is C32H29N3O3. The van der Waals surface area contributed by atoms with Crippen molar-refractivity contribution >= 4 is 23.4 Å². The first kappa shape index (κ1) is 25.0. The number of anilines is 1. The van der Waals surface area contributed by atoms with Gasteiger partial charge in [-0.3, -0.25) is 9.59 Å². The molecule has 1 heterocycles. The number of rotatable bonds is 6. The molecule has 6 heteroatoms. The van der Waals surface area contributed by atoms with Crippen LogP contribution in [0.3, 0.4) is 0 Å². The summed E-state index contributed by atoms with van der Waals surface area (Å²) in [5, 5.41) is 2.95. The fourth-order valence-electron chi connectivity index (χ4n) is 5.57. The molecular weight excluding hydrogens is 474 g/mol. The summed E-state index contributed by atoms with van der Waals surface area (Å²) in [6.07, 6.45) is 0. The quantitative estimate of drug-likeness (QED) is 0.330. The maximum absolute atomic E-state index is 14.2. The minimum absolute atomic E-state index is 0.148. The molecule has 3 N–H and O–H groups in total. The number of hydrogen-bond donors (Lipinski definition) is 2. The van der Waals surface area contributed by atoms with Crippen LogP contribution in [0.2, 0.25) is 0 Å². The van der Waals surface area contributed by atoms with E-state index in [4.69, 9.17) is 5.73 Å². The number of aryl methyl sites for hydroxylation is 1. The number of carbonyl (C=O) groups is 3. The van der Waals surface area contributed by atoms with Gasteiger partial charge in [-0.05, 0) is 35.7 Å². The van der Waals surface area contributed by atoms with Crippen molar-refractivity contribution < 1.29 is 14.4 Å². The zero-order chi connectivity index (χ0) is 26.6. The van der Waals surface area contributed by atoms with Gasteiger partial charge < -0.3 is 16.0 Å². The molecule has 3 amide bonds. The second-order valence-electron chi connectivity index (χ2n) is 9.60. The molecule has 6 nitrogen and oxygen atoms in total. The second-order valence-corrected chi connectivity index (χ2v) is 9.60. The van der Waals surface area contributed by atoms with Crippen LogP contribution in [0.25, 0.3) is 0 Å². The summed E-state index contributed by atoms with van der Waals surface area (Å²) < 4.78 is 0. The Kier molecular flexibility index (Phi) is 7.05. The molecule has 4 atom stereocenters. The minimum Gasteiger partial charge on any atom is -0.368 e. The first-order valence-corrected chi connectivity index (χ1v) is 12.6. The van der Waals surface area contributed by atoms with E-state index in [-0.39, 0.29) is 5.78 Å². The van der Waals surface area contributed by atoms with Gasteiger partial charge >= 0.3 is 6.03 Å². The summed E-state index contributed by atoms with van der Waals surface area (Å²) in [5.74, 6) is -2.20. The van der Waals surface area contributed by atoms with Crippen LogP contribution in [-0.4, -0.2) is 28.7 Å². The summed E-state index contributed by atoms with van der Waals surface area (Å²) in [4.78, 5) is 42.9. The number of nitrogens with two attached hydrogens (primary N) is 1. The normalized spacial score (nSPS) is 20.6. The Balaban J connectivity index is 1.70. The van der Waals surface area contributed by atoms with Crippen molar-refractivity contribution in [1.82, 2.24) is 4.90 Å². The number of nitrogens with one attached hydrogen (secondary N) is 1. The van der Waals surface area contributed by atoms with Crippen molar-refractivity contribution in [3.05, 3.63) is 138 Å². The highest BCUT2D eigenvalue weighted by Crippen LogP contribution is 2.51. The molecule has 0 aliphatic carbocycles. The first-order chi connectivity index (χ1) is 18.5. The molecule has 0 spiro atoms. The van der Waals surface area contributed by atoms with Gasteiger partial charge in [-0.15, -0.1) is 0 Å².